The molecule has 0 bridgehead atoms. The molecule has 0 unspecified atom stereocenters. The molecule has 0 aliphatic carbocycles. The number of urea groups is 1. The summed E-state index contributed by atoms with van der Waals surface area (Å²) < 4.78 is 0. The van der Waals surface area contributed by atoms with Gasteiger partial charge in [-0.3, -0.25) is 29.4 Å². The molecule has 66 heavy (non-hydrogen) atoms. The lowest BCUT2D eigenvalue weighted by molar-refractivity contribution is -0.132. The number of hydrazine groups is 1. The van der Waals surface area contributed by atoms with Crippen LogP contribution in [0.5, 0.6) is 0 Å². The number of amides is 7. The summed E-state index contributed by atoms with van der Waals surface area (Å²) in [6.07, 6.45) is 13.6. The number of nitrogens with one attached hydrogen (secondary N) is 8. The molecule has 0 saturated heterocycles. The Hall–Kier alpha value is -7.95. The Labute approximate surface area is 380 Å². The van der Waals surface area contributed by atoms with Gasteiger partial charge in [0.1, 0.15) is 30.7 Å². The van der Waals surface area contributed by atoms with Gasteiger partial charge in [0.2, 0.25) is 23.6 Å². The number of aromatic amines is 3. The lowest BCUT2D eigenvalue weighted by Crippen LogP contribution is -2.61. The van der Waals surface area contributed by atoms with E-state index in [9.17, 15) is 28.8 Å². The van der Waals surface area contributed by atoms with E-state index in [1.807, 2.05) is 48.5 Å². The van der Waals surface area contributed by atoms with Gasteiger partial charge in [-0.2, -0.15) is 0 Å². The van der Waals surface area contributed by atoms with E-state index in [0.717, 1.165) is 26.8 Å². The van der Waals surface area contributed by atoms with Gasteiger partial charge in [0.15, 0.2) is 0 Å². The normalized spacial score (nSPS) is 13.3. The minimum absolute atomic E-state index is 0.00995. The molecule has 3 aromatic heterocycles. The Morgan fingerprint density at radius 2 is 1.23 bits per heavy atom. The number of terminal acetylenes is 1. The van der Waals surface area contributed by atoms with E-state index in [1.165, 1.54) is 12.5 Å². The Morgan fingerprint density at radius 3 is 1.80 bits per heavy atom. The molecule has 14 N–H and O–H groups in total. The number of hydrogen-bond acceptors (Lipinski definition) is 9. The highest BCUT2D eigenvalue weighted by Crippen LogP contribution is 2.21. The Balaban J connectivity index is 1.26. The molecule has 0 radical (unpaired) electrons. The van der Waals surface area contributed by atoms with Gasteiger partial charge in [-0.25, -0.2) is 14.8 Å². The van der Waals surface area contributed by atoms with Gasteiger partial charge in [0, 0.05) is 71.8 Å². The minimum Gasteiger partial charge on any atom is -0.368 e. The summed E-state index contributed by atoms with van der Waals surface area (Å²) in [5.41, 5.74) is 24.4. The molecular weight excluding hydrogens is 843 g/mol. The smallest absolute Gasteiger partial charge is 0.337 e. The average molecular weight is 898 g/mol. The van der Waals surface area contributed by atoms with Crippen molar-refractivity contribution in [1.29, 1.82) is 0 Å². The molecule has 344 valence electrons. The molecule has 6 aromatic rings. The third-order valence-corrected chi connectivity index (χ3v) is 11.0. The van der Waals surface area contributed by atoms with Gasteiger partial charge >= 0.3 is 6.03 Å². The number of benzene rings is 3. The van der Waals surface area contributed by atoms with Gasteiger partial charge in [-0.15, -0.1) is 6.42 Å². The van der Waals surface area contributed by atoms with E-state index in [2.05, 4.69) is 52.5 Å². The van der Waals surface area contributed by atoms with Crippen molar-refractivity contribution < 1.29 is 28.8 Å². The summed E-state index contributed by atoms with van der Waals surface area (Å²) in [6.45, 7) is -0.0634. The summed E-state index contributed by atoms with van der Waals surface area (Å²) in [5.74, 6) is -1.25. The zero-order valence-electron chi connectivity index (χ0n) is 36.2. The number of primary amides is 1. The maximum atomic E-state index is 14.5. The summed E-state index contributed by atoms with van der Waals surface area (Å²) >= 11 is 0. The molecule has 0 saturated carbocycles. The van der Waals surface area contributed by atoms with Crippen LogP contribution in [0.4, 0.5) is 4.79 Å². The average Bonchev–Trinajstić information content (AvgIpc) is 4.09. The Morgan fingerprint density at radius 1 is 0.667 bits per heavy atom. The van der Waals surface area contributed by atoms with Crippen LogP contribution in [0, 0.1) is 12.3 Å². The number of hydrogen-bond donors (Lipinski definition) is 11. The monoisotopic (exact) mass is 897 g/mol. The molecule has 0 spiro atoms. The van der Waals surface area contributed by atoms with Gasteiger partial charge in [0.05, 0.1) is 12.4 Å². The first-order chi connectivity index (χ1) is 31.9. The number of carbonyl (C=O) groups excluding carboxylic acids is 6. The van der Waals surface area contributed by atoms with Crippen molar-refractivity contribution in [1.82, 2.24) is 51.6 Å². The van der Waals surface area contributed by atoms with E-state index in [0.29, 0.717) is 41.8 Å². The third-order valence-electron chi connectivity index (χ3n) is 11.0. The van der Waals surface area contributed by atoms with Crippen molar-refractivity contribution in [2.45, 2.75) is 75.2 Å². The third kappa shape index (κ3) is 12.8. The molecular formula is C47H55N13O6. The highest BCUT2D eigenvalue weighted by molar-refractivity contribution is 5.96. The first kappa shape index (κ1) is 47.5. The predicted molar refractivity (Wildman–Crippen MR) is 248 cm³/mol. The number of imidazole rings is 1. The molecule has 0 aliphatic heterocycles. The van der Waals surface area contributed by atoms with Crippen LogP contribution in [-0.4, -0.2) is 104 Å². The summed E-state index contributed by atoms with van der Waals surface area (Å²) in [5, 5.41) is 13.4. The van der Waals surface area contributed by atoms with Crippen molar-refractivity contribution >= 4 is 57.4 Å². The second kappa shape index (κ2) is 23.1. The standard InChI is InChI=1S/C47H55N13O6/c1-2-20-60(59-46(65)41(23-31-26-53-37-17-9-7-15-34(31)37)56-43(62)35(49)24-32-27-51-28-54-32)47(66)58-40(22-30-25-52-36-16-8-6-14-33(30)36)45(64)57-39(21-29-12-4-3-5-13-29)44(63)55-38(42(50)61)18-10-11-19-48/h1,3-9,12-17,25-28,35,38-41,52-53H,10-11,18-24,48-49H2,(H2,50,61)(H,51,54)(H,55,63)(H,56,62)(H,57,64)(H,58,66)(H,59,65)/t35-,38-,39-,40-,41-/m0/s1. The van der Waals surface area contributed by atoms with Crippen molar-refractivity contribution in [3.63, 3.8) is 0 Å². The van der Waals surface area contributed by atoms with Crippen LogP contribution in [0.1, 0.15) is 41.6 Å². The van der Waals surface area contributed by atoms with Crippen LogP contribution < -0.4 is 43.9 Å². The molecule has 0 aliphatic rings. The van der Waals surface area contributed by atoms with Gasteiger partial charge in [-0.05, 0) is 54.6 Å². The molecule has 5 atom stereocenters. The fourth-order valence-electron chi connectivity index (χ4n) is 7.54. The van der Waals surface area contributed by atoms with Crippen molar-refractivity contribution in [2.24, 2.45) is 17.2 Å². The van der Waals surface area contributed by atoms with E-state index in [-0.39, 0.29) is 32.1 Å². The molecule has 0 fully saturated rings. The number of para-hydroxylation sites is 2. The largest absolute Gasteiger partial charge is 0.368 e. The summed E-state index contributed by atoms with van der Waals surface area (Å²) in [7, 11) is 0. The van der Waals surface area contributed by atoms with Gasteiger partial charge in [0.25, 0.3) is 5.91 Å². The minimum atomic E-state index is -1.36. The first-order valence-electron chi connectivity index (χ1n) is 21.5. The highest BCUT2D eigenvalue weighted by atomic mass is 16.2. The number of carbonyl (C=O) groups is 6. The van der Waals surface area contributed by atoms with E-state index in [4.69, 9.17) is 23.6 Å². The number of nitrogens with two attached hydrogens (primary N) is 3. The first-order valence-corrected chi connectivity index (χ1v) is 21.5. The fraction of sp³-hybridized carbons (Fsp3) is 0.298. The molecule has 19 nitrogen and oxygen atoms in total. The summed E-state index contributed by atoms with van der Waals surface area (Å²) in [6, 6.07) is 16.8. The maximum absolute atomic E-state index is 14.5. The number of fused-ring (bicyclic) bond motifs is 2. The number of aromatic nitrogens is 4. The number of rotatable bonds is 22. The Kier molecular flexibility index (Phi) is 16.6. The molecule has 19 heteroatoms. The second-order valence-electron chi connectivity index (χ2n) is 15.8. The number of H-pyrrole nitrogens is 3. The predicted octanol–water partition coefficient (Wildman–Crippen LogP) is 1.08. The summed E-state index contributed by atoms with van der Waals surface area (Å²) in [4.78, 5) is 96.2. The van der Waals surface area contributed by atoms with Gasteiger partial charge in [-0.1, -0.05) is 72.7 Å². The van der Waals surface area contributed by atoms with Crippen LogP contribution in [0.15, 0.2) is 104 Å². The van der Waals surface area contributed by atoms with Crippen LogP contribution >= 0.6 is 0 Å². The van der Waals surface area contributed by atoms with Gasteiger partial charge < -0.3 is 53.4 Å². The fourth-order valence-corrected chi connectivity index (χ4v) is 7.54. The zero-order valence-corrected chi connectivity index (χ0v) is 36.2. The number of nitrogens with zero attached hydrogens (tertiary/aromatic N) is 2. The lowest BCUT2D eigenvalue weighted by Gasteiger charge is -2.28. The highest BCUT2D eigenvalue weighted by Gasteiger charge is 2.33. The lowest BCUT2D eigenvalue weighted by atomic mass is 10.0. The van der Waals surface area contributed by atoms with E-state index >= 15 is 0 Å². The van der Waals surface area contributed by atoms with Crippen molar-refractivity contribution in [3.8, 4) is 12.3 Å². The van der Waals surface area contributed by atoms with E-state index in [1.54, 1.807) is 42.7 Å². The Bertz CT molecular complexity index is 2640. The molecule has 6 rings (SSSR count). The van der Waals surface area contributed by atoms with Crippen molar-refractivity contribution in [3.05, 3.63) is 126 Å². The van der Waals surface area contributed by atoms with Crippen LogP contribution in [-0.2, 0) is 49.7 Å². The van der Waals surface area contributed by atoms with Crippen LogP contribution in [0.3, 0.4) is 0 Å². The molecule has 7 amide bonds. The zero-order chi connectivity index (χ0) is 47.0. The van der Waals surface area contributed by atoms with Crippen LogP contribution in [0.25, 0.3) is 21.8 Å². The topological polar surface area (TPSA) is 304 Å². The molecule has 3 aromatic carbocycles. The number of unbranched alkanes of at least 4 members (excludes halogenated alkanes) is 1. The second-order valence-corrected chi connectivity index (χ2v) is 15.8. The van der Waals surface area contributed by atoms with E-state index < -0.39 is 72.3 Å². The SMILES string of the molecule is C#CCN(NC(=O)[C@H](Cc1c[nH]c2ccccc12)NC(=O)[C@@H](N)Cc1cnc[nH]1)C(=O)N[C@@H](Cc1c[nH]c2ccccc12)C(=O)N[C@@H](Cc1ccccc1)C(=O)N[C@@H](CCCCN)C(N)=O. The van der Waals surface area contributed by atoms with Crippen molar-refractivity contribution in [2.75, 3.05) is 13.1 Å². The maximum Gasteiger partial charge on any atom is 0.337 e. The molecule has 3 heterocycles. The quantitative estimate of drug-likeness (QED) is 0.0264. The van der Waals surface area contributed by atoms with Crippen LogP contribution in [0.2, 0.25) is 0 Å².